The van der Waals surface area contributed by atoms with E-state index in [1.54, 1.807) is 18.2 Å². The van der Waals surface area contributed by atoms with Gasteiger partial charge in [-0.1, -0.05) is 17.7 Å². The third-order valence-electron chi connectivity index (χ3n) is 2.17. The fraction of sp³-hybridized carbons (Fsp3) is 0. The Labute approximate surface area is 122 Å². The molecule has 0 atom stereocenters. The molecule has 18 heavy (non-hydrogen) atoms. The van der Waals surface area contributed by atoms with E-state index in [0.717, 1.165) is 3.57 Å². The van der Waals surface area contributed by atoms with Crippen LogP contribution in [0.2, 0.25) is 5.02 Å². The molecule has 0 radical (unpaired) electrons. The normalized spacial score (nSPS) is 10.1. The maximum absolute atomic E-state index is 10.9. The second-order valence-corrected chi connectivity index (χ2v) is 5.05. The summed E-state index contributed by atoms with van der Waals surface area (Å²) >= 11 is 7.96. The molecule has 2 rings (SSSR count). The van der Waals surface area contributed by atoms with Gasteiger partial charge in [-0.25, -0.2) is 0 Å². The highest BCUT2D eigenvalue weighted by Gasteiger charge is 2.20. The van der Waals surface area contributed by atoms with E-state index in [9.17, 15) is 10.1 Å². The van der Waals surface area contributed by atoms with Gasteiger partial charge in [0.05, 0.1) is 4.92 Å². The summed E-state index contributed by atoms with van der Waals surface area (Å²) < 4.78 is 6.53. The molecular weight excluding hydrogens is 368 g/mol. The summed E-state index contributed by atoms with van der Waals surface area (Å²) in [6, 6.07) is 11.8. The second kappa shape index (κ2) is 5.53. The third-order valence-corrected chi connectivity index (χ3v) is 3.20. The topological polar surface area (TPSA) is 52.4 Å². The zero-order valence-electron chi connectivity index (χ0n) is 8.97. The number of hydrogen-bond donors (Lipinski definition) is 0. The van der Waals surface area contributed by atoms with E-state index in [0.29, 0.717) is 5.75 Å². The molecule has 0 aliphatic carbocycles. The Kier molecular flexibility index (Phi) is 4.03. The lowest BCUT2D eigenvalue weighted by molar-refractivity contribution is -0.385. The van der Waals surface area contributed by atoms with Crippen molar-refractivity contribution in [3.63, 3.8) is 0 Å². The first-order chi connectivity index (χ1) is 8.58. The van der Waals surface area contributed by atoms with E-state index < -0.39 is 4.92 Å². The molecule has 92 valence electrons. The first-order valence-corrected chi connectivity index (χ1v) is 6.40. The van der Waals surface area contributed by atoms with Gasteiger partial charge in [-0.05, 0) is 59.0 Å². The molecule has 2 aromatic carbocycles. The Morgan fingerprint density at radius 3 is 2.44 bits per heavy atom. The van der Waals surface area contributed by atoms with Crippen LogP contribution in [0.15, 0.2) is 42.5 Å². The summed E-state index contributed by atoms with van der Waals surface area (Å²) in [4.78, 5) is 10.4. The lowest BCUT2D eigenvalue weighted by Crippen LogP contribution is -1.94. The largest absolute Gasteiger partial charge is 0.450 e. The van der Waals surface area contributed by atoms with Crippen molar-refractivity contribution in [2.24, 2.45) is 0 Å². The summed E-state index contributed by atoms with van der Waals surface area (Å²) in [7, 11) is 0. The van der Waals surface area contributed by atoms with Crippen molar-refractivity contribution in [1.29, 1.82) is 0 Å². The van der Waals surface area contributed by atoms with Crippen LogP contribution < -0.4 is 4.74 Å². The lowest BCUT2D eigenvalue weighted by Gasteiger charge is -2.06. The van der Waals surface area contributed by atoms with Gasteiger partial charge >= 0.3 is 5.69 Å². The standard InChI is InChI=1S/C12H7ClINO3/c13-10-2-1-3-11(12(10)15(16)17)18-9-6-4-8(14)5-7-9/h1-7H. The van der Waals surface area contributed by atoms with Crippen LogP contribution in [-0.2, 0) is 0 Å². The summed E-state index contributed by atoms with van der Waals surface area (Å²) in [6.07, 6.45) is 0. The van der Waals surface area contributed by atoms with Crippen LogP contribution in [0.25, 0.3) is 0 Å². The fourth-order valence-corrected chi connectivity index (χ4v) is 1.98. The maximum atomic E-state index is 10.9. The van der Waals surface area contributed by atoms with E-state index >= 15 is 0 Å². The summed E-state index contributed by atoms with van der Waals surface area (Å²) in [5.41, 5.74) is -0.224. The van der Waals surface area contributed by atoms with Gasteiger partial charge in [0.25, 0.3) is 0 Å². The predicted molar refractivity (Wildman–Crippen MR) is 77.3 cm³/mol. The van der Waals surface area contributed by atoms with Gasteiger partial charge in [-0.3, -0.25) is 10.1 Å². The minimum Gasteiger partial charge on any atom is -0.450 e. The van der Waals surface area contributed by atoms with Crippen LogP contribution in [0.3, 0.4) is 0 Å². The van der Waals surface area contributed by atoms with Crippen LogP contribution in [0.1, 0.15) is 0 Å². The van der Waals surface area contributed by atoms with Crippen LogP contribution in [0.4, 0.5) is 5.69 Å². The highest BCUT2D eigenvalue weighted by atomic mass is 127. The van der Waals surface area contributed by atoms with E-state index in [4.69, 9.17) is 16.3 Å². The van der Waals surface area contributed by atoms with Gasteiger partial charge in [0.15, 0.2) is 0 Å². The molecule has 0 aliphatic heterocycles. The van der Waals surface area contributed by atoms with E-state index in [2.05, 4.69) is 22.6 Å². The van der Waals surface area contributed by atoms with Crippen molar-refractivity contribution in [1.82, 2.24) is 0 Å². The first-order valence-electron chi connectivity index (χ1n) is 4.94. The molecule has 0 aromatic heterocycles. The van der Waals surface area contributed by atoms with Crippen molar-refractivity contribution < 1.29 is 9.66 Å². The van der Waals surface area contributed by atoms with E-state index in [1.165, 1.54) is 12.1 Å². The van der Waals surface area contributed by atoms with Gasteiger partial charge < -0.3 is 4.74 Å². The molecule has 0 unspecified atom stereocenters. The van der Waals surface area contributed by atoms with Gasteiger partial charge in [-0.15, -0.1) is 0 Å². The Morgan fingerprint density at radius 1 is 1.17 bits per heavy atom. The molecule has 0 aliphatic rings. The Hall–Kier alpha value is -1.34. The predicted octanol–water partition coefficient (Wildman–Crippen LogP) is 4.65. The number of nitrogens with zero attached hydrogens (tertiary/aromatic N) is 1. The highest BCUT2D eigenvalue weighted by Crippen LogP contribution is 2.36. The SMILES string of the molecule is O=[N+]([O-])c1c(Cl)cccc1Oc1ccc(I)cc1. The Balaban J connectivity index is 2.37. The first kappa shape index (κ1) is 13.1. The molecule has 0 bridgehead atoms. The lowest BCUT2D eigenvalue weighted by atomic mass is 10.3. The number of nitro groups is 1. The molecule has 2 aromatic rings. The smallest absolute Gasteiger partial charge is 0.329 e. The number of hydrogen-bond acceptors (Lipinski definition) is 3. The zero-order chi connectivity index (χ0) is 13.1. The number of halogens is 2. The molecule has 4 nitrogen and oxygen atoms in total. The van der Waals surface area contributed by atoms with Crippen LogP contribution in [0, 0.1) is 13.7 Å². The average molecular weight is 376 g/mol. The molecular formula is C12H7ClINO3. The quantitative estimate of drug-likeness (QED) is 0.446. The second-order valence-electron chi connectivity index (χ2n) is 3.40. The average Bonchev–Trinajstić information content (AvgIpc) is 2.32. The number of rotatable bonds is 3. The fourth-order valence-electron chi connectivity index (χ4n) is 1.38. The molecule has 6 heteroatoms. The number of para-hydroxylation sites is 1. The van der Waals surface area contributed by atoms with Crippen molar-refractivity contribution >= 4 is 39.9 Å². The van der Waals surface area contributed by atoms with Crippen molar-refractivity contribution in [2.45, 2.75) is 0 Å². The molecule has 0 saturated carbocycles. The van der Waals surface area contributed by atoms with Crippen molar-refractivity contribution in [2.75, 3.05) is 0 Å². The van der Waals surface area contributed by atoms with Crippen molar-refractivity contribution in [3.05, 3.63) is 61.2 Å². The number of nitro benzene ring substituents is 1. The molecule has 0 spiro atoms. The summed E-state index contributed by atoms with van der Waals surface area (Å²) in [5.74, 6) is 0.662. The van der Waals surface area contributed by atoms with Gasteiger partial charge in [0.1, 0.15) is 10.8 Å². The molecule has 0 fully saturated rings. The van der Waals surface area contributed by atoms with Crippen LogP contribution >= 0.6 is 34.2 Å². The summed E-state index contributed by atoms with van der Waals surface area (Å²) in [6.45, 7) is 0. The monoisotopic (exact) mass is 375 g/mol. The van der Waals surface area contributed by atoms with Gasteiger partial charge in [-0.2, -0.15) is 0 Å². The molecule has 0 amide bonds. The Bertz CT molecular complexity index is 586. The number of ether oxygens (including phenoxy) is 1. The maximum Gasteiger partial charge on any atom is 0.329 e. The zero-order valence-corrected chi connectivity index (χ0v) is 11.9. The van der Waals surface area contributed by atoms with Gasteiger partial charge in [0.2, 0.25) is 5.75 Å². The minimum absolute atomic E-state index is 0.0583. The third kappa shape index (κ3) is 2.91. The van der Waals surface area contributed by atoms with Crippen LogP contribution in [0.5, 0.6) is 11.5 Å². The van der Waals surface area contributed by atoms with Crippen LogP contribution in [-0.4, -0.2) is 4.92 Å². The van der Waals surface area contributed by atoms with Crippen molar-refractivity contribution in [3.8, 4) is 11.5 Å². The minimum atomic E-state index is -0.551. The highest BCUT2D eigenvalue weighted by molar-refractivity contribution is 14.1. The molecule has 0 saturated heterocycles. The Morgan fingerprint density at radius 2 is 1.83 bits per heavy atom. The van der Waals surface area contributed by atoms with Gasteiger partial charge in [0, 0.05) is 3.57 Å². The van der Waals surface area contributed by atoms with E-state index in [-0.39, 0.29) is 16.5 Å². The summed E-state index contributed by atoms with van der Waals surface area (Å²) in [5, 5.41) is 11.0. The molecule has 0 heterocycles. The number of benzene rings is 2. The van der Waals surface area contributed by atoms with E-state index in [1.807, 2.05) is 12.1 Å². The molecule has 0 N–H and O–H groups in total.